The van der Waals surface area contributed by atoms with Crippen molar-refractivity contribution in [3.63, 3.8) is 0 Å². The molecule has 2 amide bonds. The minimum atomic E-state index is -0.606. The van der Waals surface area contributed by atoms with Crippen LogP contribution in [0.15, 0.2) is 66.7 Å². The Balaban J connectivity index is 1.73. The summed E-state index contributed by atoms with van der Waals surface area (Å²) in [6.07, 6.45) is 0. The Morgan fingerprint density at radius 1 is 0.793 bits per heavy atom. The number of fused-ring (bicyclic) bond motifs is 1. The van der Waals surface area contributed by atoms with Gasteiger partial charge in [0, 0.05) is 5.56 Å². The number of nitrogens with one attached hydrogen (secondary N) is 2. The van der Waals surface area contributed by atoms with E-state index in [1.807, 2.05) is 64.1 Å². The second-order valence-electron chi connectivity index (χ2n) is 7.85. The number of hydrogen-bond acceptors (Lipinski definition) is 2. The predicted octanol–water partition coefficient (Wildman–Crippen LogP) is 4.78. The van der Waals surface area contributed by atoms with Crippen LogP contribution in [-0.2, 0) is 4.79 Å². The molecule has 2 atom stereocenters. The highest BCUT2D eigenvalue weighted by atomic mass is 16.2. The summed E-state index contributed by atoms with van der Waals surface area (Å²) in [5.41, 5.74) is 2.51. The average molecular weight is 389 g/mol. The first-order chi connectivity index (χ1) is 13.9. The molecule has 4 heteroatoms. The number of carbonyl (C=O) groups excluding carboxylic acids is 2. The van der Waals surface area contributed by atoms with Crippen LogP contribution < -0.4 is 10.6 Å². The van der Waals surface area contributed by atoms with Crippen molar-refractivity contribution in [2.45, 2.75) is 39.8 Å². The van der Waals surface area contributed by atoms with Crippen molar-refractivity contribution >= 4 is 22.6 Å². The predicted molar refractivity (Wildman–Crippen MR) is 118 cm³/mol. The lowest BCUT2D eigenvalue weighted by atomic mass is 9.99. The van der Waals surface area contributed by atoms with E-state index in [-0.39, 0.29) is 23.8 Å². The Bertz CT molecular complexity index is 1030. The lowest BCUT2D eigenvalue weighted by Gasteiger charge is -2.24. The van der Waals surface area contributed by atoms with Gasteiger partial charge in [-0.25, -0.2) is 0 Å². The molecular weight excluding hydrogens is 360 g/mol. The molecule has 0 aliphatic heterocycles. The number of aryl methyl sites for hydroxylation is 1. The molecule has 2 N–H and O–H groups in total. The van der Waals surface area contributed by atoms with Crippen LogP contribution in [0.5, 0.6) is 0 Å². The SMILES string of the molecule is Cc1ccccc1C(=O)N[C@@H](C(=O)N[C@@H](C)c1ccc2ccccc2c1)C(C)C. The number of benzene rings is 3. The summed E-state index contributed by atoms with van der Waals surface area (Å²) in [5, 5.41) is 8.27. The third-order valence-electron chi connectivity index (χ3n) is 5.26. The van der Waals surface area contributed by atoms with E-state index in [1.165, 1.54) is 5.39 Å². The molecule has 0 heterocycles. The summed E-state index contributed by atoms with van der Waals surface area (Å²) in [6, 6.07) is 21.0. The molecule has 0 bridgehead atoms. The van der Waals surface area contributed by atoms with Gasteiger partial charge in [-0.1, -0.05) is 68.4 Å². The van der Waals surface area contributed by atoms with Crippen molar-refractivity contribution in [1.82, 2.24) is 10.6 Å². The molecule has 3 aromatic rings. The molecule has 0 aromatic heterocycles. The summed E-state index contributed by atoms with van der Waals surface area (Å²) < 4.78 is 0. The highest BCUT2D eigenvalue weighted by molar-refractivity contribution is 5.98. The number of carbonyl (C=O) groups is 2. The highest BCUT2D eigenvalue weighted by Gasteiger charge is 2.26. The Hall–Kier alpha value is -3.14. The van der Waals surface area contributed by atoms with Crippen molar-refractivity contribution < 1.29 is 9.59 Å². The van der Waals surface area contributed by atoms with Gasteiger partial charge in [0.05, 0.1) is 6.04 Å². The Labute approximate surface area is 172 Å². The van der Waals surface area contributed by atoms with Crippen LogP contribution in [0.1, 0.15) is 48.3 Å². The molecule has 0 spiro atoms. The molecule has 0 saturated carbocycles. The van der Waals surface area contributed by atoms with Crippen LogP contribution in [-0.4, -0.2) is 17.9 Å². The van der Waals surface area contributed by atoms with E-state index in [0.717, 1.165) is 16.5 Å². The van der Waals surface area contributed by atoms with E-state index in [0.29, 0.717) is 5.56 Å². The maximum Gasteiger partial charge on any atom is 0.252 e. The molecule has 3 aromatic carbocycles. The van der Waals surface area contributed by atoms with Gasteiger partial charge in [-0.3, -0.25) is 9.59 Å². The molecule has 4 nitrogen and oxygen atoms in total. The monoisotopic (exact) mass is 388 g/mol. The van der Waals surface area contributed by atoms with Gasteiger partial charge in [-0.15, -0.1) is 0 Å². The fraction of sp³-hybridized carbons (Fsp3) is 0.280. The molecule has 150 valence electrons. The van der Waals surface area contributed by atoms with E-state index >= 15 is 0 Å². The first-order valence-corrected chi connectivity index (χ1v) is 10.0. The maximum absolute atomic E-state index is 13.0. The van der Waals surface area contributed by atoms with Gasteiger partial charge in [0.25, 0.3) is 5.91 Å². The first-order valence-electron chi connectivity index (χ1n) is 10.0. The van der Waals surface area contributed by atoms with Gasteiger partial charge in [-0.05, 0) is 53.8 Å². The van der Waals surface area contributed by atoms with Gasteiger partial charge in [0.1, 0.15) is 6.04 Å². The molecule has 0 aliphatic rings. The Morgan fingerprint density at radius 3 is 2.14 bits per heavy atom. The first kappa shape index (κ1) is 20.6. The second kappa shape index (κ2) is 8.91. The van der Waals surface area contributed by atoms with Gasteiger partial charge >= 0.3 is 0 Å². The molecule has 0 unspecified atom stereocenters. The quantitative estimate of drug-likeness (QED) is 0.638. The third-order valence-corrected chi connectivity index (χ3v) is 5.26. The fourth-order valence-electron chi connectivity index (χ4n) is 3.45. The molecule has 29 heavy (non-hydrogen) atoms. The largest absolute Gasteiger partial charge is 0.348 e. The molecule has 0 aliphatic carbocycles. The minimum absolute atomic E-state index is 0.0354. The zero-order chi connectivity index (χ0) is 21.0. The van der Waals surface area contributed by atoms with Crippen LogP contribution in [0, 0.1) is 12.8 Å². The maximum atomic E-state index is 13.0. The highest BCUT2D eigenvalue weighted by Crippen LogP contribution is 2.20. The van der Waals surface area contributed by atoms with Crippen molar-refractivity contribution in [3.05, 3.63) is 83.4 Å². The van der Waals surface area contributed by atoms with E-state index in [2.05, 4.69) is 34.9 Å². The third kappa shape index (κ3) is 4.83. The van der Waals surface area contributed by atoms with E-state index in [1.54, 1.807) is 6.07 Å². The van der Waals surface area contributed by atoms with Crippen molar-refractivity contribution in [3.8, 4) is 0 Å². The van der Waals surface area contributed by atoms with Crippen LogP contribution in [0.4, 0.5) is 0 Å². The van der Waals surface area contributed by atoms with Gasteiger partial charge < -0.3 is 10.6 Å². The van der Waals surface area contributed by atoms with Crippen LogP contribution >= 0.6 is 0 Å². The summed E-state index contributed by atoms with van der Waals surface area (Å²) in [5.74, 6) is -0.440. The van der Waals surface area contributed by atoms with E-state index < -0.39 is 6.04 Å². The van der Waals surface area contributed by atoms with Crippen LogP contribution in [0.2, 0.25) is 0 Å². The van der Waals surface area contributed by atoms with Crippen LogP contribution in [0.25, 0.3) is 10.8 Å². The standard InChI is InChI=1S/C25H28N2O2/c1-16(2)23(27-24(28)22-12-8-5-9-17(22)3)25(29)26-18(4)20-14-13-19-10-6-7-11-21(19)15-20/h5-16,18,23H,1-4H3,(H,26,29)(H,27,28)/t18-,23+/m0/s1. The Kier molecular flexibility index (Phi) is 6.32. The molecular formula is C25H28N2O2. The fourth-order valence-corrected chi connectivity index (χ4v) is 3.45. The zero-order valence-corrected chi connectivity index (χ0v) is 17.4. The summed E-state index contributed by atoms with van der Waals surface area (Å²) in [6.45, 7) is 7.72. The Morgan fingerprint density at radius 2 is 1.45 bits per heavy atom. The van der Waals surface area contributed by atoms with Crippen molar-refractivity contribution in [2.24, 2.45) is 5.92 Å². The van der Waals surface area contributed by atoms with Crippen molar-refractivity contribution in [1.29, 1.82) is 0 Å². The molecule has 0 saturated heterocycles. The molecule has 0 fully saturated rings. The lowest BCUT2D eigenvalue weighted by molar-refractivity contribution is -0.124. The summed E-state index contributed by atoms with van der Waals surface area (Å²) >= 11 is 0. The van der Waals surface area contributed by atoms with Gasteiger partial charge in [0.2, 0.25) is 5.91 Å². The lowest BCUT2D eigenvalue weighted by Crippen LogP contribution is -2.50. The van der Waals surface area contributed by atoms with E-state index in [9.17, 15) is 9.59 Å². The number of rotatable bonds is 6. The van der Waals surface area contributed by atoms with Crippen molar-refractivity contribution in [2.75, 3.05) is 0 Å². The summed E-state index contributed by atoms with van der Waals surface area (Å²) in [4.78, 5) is 25.7. The number of amides is 2. The minimum Gasteiger partial charge on any atom is -0.348 e. The second-order valence-corrected chi connectivity index (χ2v) is 7.85. The average Bonchev–Trinajstić information content (AvgIpc) is 2.71. The van der Waals surface area contributed by atoms with Gasteiger partial charge in [0.15, 0.2) is 0 Å². The normalized spacial score (nSPS) is 13.1. The van der Waals surface area contributed by atoms with Gasteiger partial charge in [-0.2, -0.15) is 0 Å². The zero-order valence-electron chi connectivity index (χ0n) is 17.4. The van der Waals surface area contributed by atoms with E-state index in [4.69, 9.17) is 0 Å². The topological polar surface area (TPSA) is 58.2 Å². The van der Waals surface area contributed by atoms with Crippen LogP contribution in [0.3, 0.4) is 0 Å². The smallest absolute Gasteiger partial charge is 0.252 e. The number of hydrogen-bond donors (Lipinski definition) is 2. The molecule has 3 rings (SSSR count). The molecule has 0 radical (unpaired) electrons. The summed E-state index contributed by atoms with van der Waals surface area (Å²) in [7, 11) is 0.